The van der Waals surface area contributed by atoms with Crippen LogP contribution >= 0.6 is 11.6 Å². The summed E-state index contributed by atoms with van der Waals surface area (Å²) in [6.07, 6.45) is 1.55. The molecule has 0 saturated carbocycles. The van der Waals surface area contributed by atoms with Gasteiger partial charge in [0.2, 0.25) is 5.91 Å². The number of nitrogens with one attached hydrogen (secondary N) is 1. The van der Waals surface area contributed by atoms with Crippen molar-refractivity contribution in [3.05, 3.63) is 35.4 Å². The maximum atomic E-state index is 12.1. The number of imidazole rings is 1. The fourth-order valence-electron chi connectivity index (χ4n) is 3.70. The van der Waals surface area contributed by atoms with Gasteiger partial charge in [0.15, 0.2) is 5.65 Å². The number of likely N-dealkylation sites (tertiary alicyclic amines) is 1. The van der Waals surface area contributed by atoms with Crippen molar-refractivity contribution in [3.8, 4) is 23.0 Å². The number of aromatic amines is 1. The van der Waals surface area contributed by atoms with Gasteiger partial charge in [0.1, 0.15) is 11.9 Å². The Bertz CT molecular complexity index is 1060. The van der Waals surface area contributed by atoms with Crippen molar-refractivity contribution >= 4 is 28.7 Å². The number of hydrogen-bond donors (Lipinski definition) is 1. The monoisotopic (exact) mass is 428 g/mol. The SMILES string of the molecule is COc1ccccc1-c1nc2nc(OC3CCN(C(=O)C(C)C)CC3)[nH]c2cc1Cl. The van der Waals surface area contributed by atoms with E-state index in [0.717, 1.165) is 18.4 Å². The Labute approximate surface area is 180 Å². The molecule has 4 rings (SSSR count). The van der Waals surface area contributed by atoms with E-state index in [1.165, 1.54) is 0 Å². The fourth-order valence-corrected chi connectivity index (χ4v) is 3.95. The first-order valence-corrected chi connectivity index (χ1v) is 10.5. The van der Waals surface area contributed by atoms with Crippen LogP contribution in [0.5, 0.6) is 11.8 Å². The Morgan fingerprint density at radius 2 is 1.97 bits per heavy atom. The van der Waals surface area contributed by atoms with E-state index < -0.39 is 0 Å². The summed E-state index contributed by atoms with van der Waals surface area (Å²) in [5, 5.41) is 0.503. The smallest absolute Gasteiger partial charge is 0.296 e. The number of H-pyrrole nitrogens is 1. The van der Waals surface area contributed by atoms with Crippen LogP contribution in [0.1, 0.15) is 26.7 Å². The highest BCUT2D eigenvalue weighted by Gasteiger charge is 2.26. The molecule has 1 saturated heterocycles. The van der Waals surface area contributed by atoms with Gasteiger partial charge < -0.3 is 19.4 Å². The molecule has 1 fully saturated rings. The van der Waals surface area contributed by atoms with E-state index in [-0.39, 0.29) is 17.9 Å². The van der Waals surface area contributed by atoms with Crippen molar-refractivity contribution in [1.82, 2.24) is 19.9 Å². The molecule has 0 aliphatic carbocycles. The molecular weight excluding hydrogens is 404 g/mol. The summed E-state index contributed by atoms with van der Waals surface area (Å²) in [7, 11) is 1.62. The average Bonchev–Trinajstić information content (AvgIpc) is 3.14. The normalized spacial score (nSPS) is 15.0. The molecule has 1 aliphatic rings. The molecule has 0 bridgehead atoms. The Morgan fingerprint density at radius 3 is 2.67 bits per heavy atom. The van der Waals surface area contributed by atoms with Crippen LogP contribution in [-0.2, 0) is 4.79 Å². The number of ether oxygens (including phenoxy) is 2. The third kappa shape index (κ3) is 4.07. The molecule has 1 aromatic carbocycles. The van der Waals surface area contributed by atoms with Crippen molar-refractivity contribution < 1.29 is 14.3 Å². The number of methoxy groups -OCH3 is 1. The largest absolute Gasteiger partial charge is 0.496 e. The number of carbonyl (C=O) groups excluding carboxylic acids is 1. The molecule has 0 spiro atoms. The third-order valence-electron chi connectivity index (χ3n) is 5.29. The molecule has 0 radical (unpaired) electrons. The molecule has 3 heterocycles. The number of benzene rings is 1. The van der Waals surface area contributed by atoms with Crippen LogP contribution in [0.15, 0.2) is 30.3 Å². The zero-order valence-electron chi connectivity index (χ0n) is 17.3. The standard InChI is InChI=1S/C22H25ClN4O3/c1-13(2)21(28)27-10-8-14(9-11-27)30-22-24-17-12-16(23)19(25-20(17)26-22)15-6-4-5-7-18(15)29-3/h4-7,12-14H,8-11H2,1-3H3,(H,24,25,26). The first-order valence-electron chi connectivity index (χ1n) is 10.1. The lowest BCUT2D eigenvalue weighted by Crippen LogP contribution is -2.43. The van der Waals surface area contributed by atoms with E-state index in [1.807, 2.05) is 43.0 Å². The lowest BCUT2D eigenvalue weighted by Gasteiger charge is -2.32. The first-order chi connectivity index (χ1) is 14.5. The first kappa shape index (κ1) is 20.5. The second-order valence-corrected chi connectivity index (χ2v) is 8.14. The number of rotatable bonds is 5. The van der Waals surface area contributed by atoms with Gasteiger partial charge in [-0.25, -0.2) is 4.98 Å². The van der Waals surface area contributed by atoms with E-state index in [2.05, 4.69) is 15.0 Å². The zero-order valence-corrected chi connectivity index (χ0v) is 18.1. The summed E-state index contributed by atoms with van der Waals surface area (Å²) >= 11 is 6.49. The minimum Gasteiger partial charge on any atom is -0.496 e. The van der Waals surface area contributed by atoms with Crippen LogP contribution in [0.4, 0.5) is 0 Å². The van der Waals surface area contributed by atoms with E-state index in [1.54, 1.807) is 13.2 Å². The van der Waals surface area contributed by atoms with E-state index in [0.29, 0.717) is 46.7 Å². The second kappa shape index (κ2) is 8.52. The third-order valence-corrected chi connectivity index (χ3v) is 5.58. The molecule has 0 unspecified atom stereocenters. The molecule has 3 aromatic rings. The summed E-state index contributed by atoms with van der Waals surface area (Å²) < 4.78 is 11.5. The molecule has 1 N–H and O–H groups in total. The number of aromatic nitrogens is 3. The maximum absolute atomic E-state index is 12.1. The number of carbonyl (C=O) groups is 1. The Morgan fingerprint density at radius 1 is 1.23 bits per heavy atom. The predicted octanol–water partition coefficient (Wildman–Crippen LogP) is 4.31. The van der Waals surface area contributed by atoms with Gasteiger partial charge in [-0.2, -0.15) is 4.98 Å². The van der Waals surface area contributed by atoms with Gasteiger partial charge in [-0.3, -0.25) is 4.79 Å². The number of pyridine rings is 1. The highest BCUT2D eigenvalue weighted by molar-refractivity contribution is 6.33. The summed E-state index contributed by atoms with van der Waals surface area (Å²) in [4.78, 5) is 26.3. The highest BCUT2D eigenvalue weighted by atomic mass is 35.5. The quantitative estimate of drug-likeness (QED) is 0.654. The molecular formula is C22H25ClN4O3. The van der Waals surface area contributed by atoms with Crippen LogP contribution in [0.25, 0.3) is 22.4 Å². The molecule has 158 valence electrons. The fraction of sp³-hybridized carbons (Fsp3) is 0.409. The molecule has 8 heteroatoms. The Kier molecular flexibility index (Phi) is 5.81. The number of para-hydroxylation sites is 1. The molecule has 7 nitrogen and oxygen atoms in total. The Hall–Kier alpha value is -2.80. The van der Waals surface area contributed by atoms with Crippen LogP contribution in [-0.4, -0.2) is 52.1 Å². The van der Waals surface area contributed by atoms with Gasteiger partial charge in [-0.15, -0.1) is 0 Å². The lowest BCUT2D eigenvalue weighted by atomic mass is 10.1. The van der Waals surface area contributed by atoms with Crippen molar-refractivity contribution in [2.75, 3.05) is 20.2 Å². The zero-order chi connectivity index (χ0) is 21.3. The van der Waals surface area contributed by atoms with Crippen molar-refractivity contribution in [1.29, 1.82) is 0 Å². The number of piperidine rings is 1. The lowest BCUT2D eigenvalue weighted by molar-refractivity contribution is -0.136. The van der Waals surface area contributed by atoms with Gasteiger partial charge >= 0.3 is 0 Å². The van der Waals surface area contributed by atoms with Gasteiger partial charge in [0.25, 0.3) is 6.01 Å². The minimum atomic E-state index is 0.00549. The average molecular weight is 429 g/mol. The molecule has 1 aliphatic heterocycles. The molecule has 0 atom stereocenters. The minimum absolute atomic E-state index is 0.00549. The van der Waals surface area contributed by atoms with E-state index in [4.69, 9.17) is 21.1 Å². The van der Waals surface area contributed by atoms with Crippen LogP contribution in [0.3, 0.4) is 0 Å². The second-order valence-electron chi connectivity index (χ2n) is 7.73. The van der Waals surface area contributed by atoms with E-state index in [9.17, 15) is 4.79 Å². The number of hydrogen-bond acceptors (Lipinski definition) is 5. The van der Waals surface area contributed by atoms with Crippen molar-refractivity contribution in [2.45, 2.75) is 32.8 Å². The highest BCUT2D eigenvalue weighted by Crippen LogP contribution is 2.35. The molecule has 2 aromatic heterocycles. The van der Waals surface area contributed by atoms with Crippen molar-refractivity contribution in [2.24, 2.45) is 5.92 Å². The van der Waals surface area contributed by atoms with E-state index >= 15 is 0 Å². The molecule has 1 amide bonds. The summed E-state index contributed by atoms with van der Waals surface area (Å²) in [5.41, 5.74) is 2.66. The van der Waals surface area contributed by atoms with Crippen molar-refractivity contribution in [3.63, 3.8) is 0 Å². The summed E-state index contributed by atoms with van der Waals surface area (Å²) in [6.45, 7) is 5.25. The van der Waals surface area contributed by atoms with Gasteiger partial charge in [-0.1, -0.05) is 37.6 Å². The predicted molar refractivity (Wildman–Crippen MR) is 116 cm³/mol. The topological polar surface area (TPSA) is 80.3 Å². The number of amides is 1. The number of halogens is 1. The number of nitrogens with zero attached hydrogens (tertiary/aromatic N) is 3. The molecule has 30 heavy (non-hydrogen) atoms. The summed E-state index contributed by atoms with van der Waals surface area (Å²) in [6, 6.07) is 9.81. The van der Waals surface area contributed by atoms with Gasteiger partial charge in [-0.05, 0) is 18.2 Å². The summed E-state index contributed by atoms with van der Waals surface area (Å²) in [5.74, 6) is 0.909. The van der Waals surface area contributed by atoms with Crippen LogP contribution < -0.4 is 9.47 Å². The van der Waals surface area contributed by atoms with Gasteiger partial charge in [0.05, 0.1) is 23.3 Å². The number of fused-ring (bicyclic) bond motifs is 1. The van der Waals surface area contributed by atoms with Gasteiger partial charge in [0, 0.05) is 37.4 Å². The van der Waals surface area contributed by atoms with Crippen LogP contribution in [0.2, 0.25) is 5.02 Å². The maximum Gasteiger partial charge on any atom is 0.296 e. The Balaban J connectivity index is 1.51. The van der Waals surface area contributed by atoms with Crippen LogP contribution in [0, 0.1) is 5.92 Å².